The van der Waals surface area contributed by atoms with E-state index in [4.69, 9.17) is 27.9 Å². The molecule has 0 aliphatic rings. The lowest BCUT2D eigenvalue weighted by molar-refractivity contribution is 0.0745. The van der Waals surface area contributed by atoms with Crippen LogP contribution in [-0.2, 0) is 19.4 Å². The molecule has 0 N–H and O–H groups in total. The van der Waals surface area contributed by atoms with Crippen LogP contribution in [0.3, 0.4) is 0 Å². The molecule has 3 aromatic carbocycles. The van der Waals surface area contributed by atoms with E-state index in [0.29, 0.717) is 35.2 Å². The summed E-state index contributed by atoms with van der Waals surface area (Å²) in [4.78, 5) is 19.9. The number of nitrogens with zero attached hydrogens (tertiary/aromatic N) is 2. The van der Waals surface area contributed by atoms with Crippen molar-refractivity contribution in [1.29, 1.82) is 0 Å². The first-order valence-corrected chi connectivity index (χ1v) is 12.0. The second-order valence-electron chi connectivity index (χ2n) is 8.12. The molecule has 0 saturated heterocycles. The Morgan fingerprint density at radius 3 is 2.41 bits per heavy atom. The van der Waals surface area contributed by atoms with Crippen molar-refractivity contribution in [2.24, 2.45) is 0 Å². The Morgan fingerprint density at radius 2 is 1.71 bits per heavy atom. The van der Waals surface area contributed by atoms with Gasteiger partial charge in [0.15, 0.2) is 0 Å². The van der Waals surface area contributed by atoms with Crippen LogP contribution >= 0.6 is 23.2 Å². The third kappa shape index (κ3) is 5.52. The zero-order valence-electron chi connectivity index (χ0n) is 19.2. The Bertz CT molecular complexity index is 1310. The highest BCUT2D eigenvalue weighted by molar-refractivity contribution is 6.33. The number of fused-ring (bicyclic) bond motifs is 1. The zero-order valence-corrected chi connectivity index (χ0v) is 20.7. The van der Waals surface area contributed by atoms with Gasteiger partial charge in [-0.05, 0) is 66.4 Å². The topological polar surface area (TPSA) is 42.4 Å². The molecule has 174 valence electrons. The van der Waals surface area contributed by atoms with Gasteiger partial charge in [-0.2, -0.15) is 0 Å². The van der Waals surface area contributed by atoms with Crippen LogP contribution in [0.1, 0.15) is 34.0 Å². The fourth-order valence-corrected chi connectivity index (χ4v) is 4.32. The lowest BCUT2D eigenvalue weighted by Crippen LogP contribution is -2.33. The summed E-state index contributed by atoms with van der Waals surface area (Å²) in [7, 11) is 1.64. The fourth-order valence-electron chi connectivity index (χ4n) is 3.90. The van der Waals surface area contributed by atoms with E-state index in [0.717, 1.165) is 34.2 Å². The Labute approximate surface area is 210 Å². The summed E-state index contributed by atoms with van der Waals surface area (Å²) < 4.78 is 5.25. The molecule has 1 aromatic heterocycles. The summed E-state index contributed by atoms with van der Waals surface area (Å²) in [6.45, 7) is 2.95. The van der Waals surface area contributed by atoms with Gasteiger partial charge in [0, 0.05) is 24.0 Å². The third-order valence-electron chi connectivity index (χ3n) is 5.90. The fraction of sp³-hybridized carbons (Fsp3) is 0.214. The molecule has 0 aliphatic heterocycles. The van der Waals surface area contributed by atoms with E-state index in [1.165, 1.54) is 5.56 Å². The molecule has 0 spiro atoms. The van der Waals surface area contributed by atoms with Crippen molar-refractivity contribution in [3.05, 3.63) is 105 Å². The maximum Gasteiger partial charge on any atom is 0.255 e. The van der Waals surface area contributed by atoms with E-state index in [1.807, 2.05) is 48.5 Å². The van der Waals surface area contributed by atoms with E-state index >= 15 is 0 Å². The molecular formula is C28H26Cl2N2O2. The van der Waals surface area contributed by atoms with Crippen molar-refractivity contribution in [2.45, 2.75) is 26.3 Å². The lowest BCUT2D eigenvalue weighted by Gasteiger charge is -2.24. The number of ether oxygens (including phenoxy) is 1. The standard InChI is InChI=1S/C28H26Cl2N2O2/c1-3-19-10-13-26-21(16-19)17-22(27(30)31-26)18-32(28(33)24-6-4-5-7-25(24)29)15-14-20-8-11-23(34-2)12-9-20/h4-13,16-17H,3,14-15,18H2,1-2H3. The van der Waals surface area contributed by atoms with Gasteiger partial charge >= 0.3 is 0 Å². The molecule has 0 aliphatic carbocycles. The van der Waals surface area contributed by atoms with Crippen LogP contribution in [0.4, 0.5) is 0 Å². The van der Waals surface area contributed by atoms with Crippen LogP contribution in [0.15, 0.2) is 72.8 Å². The van der Waals surface area contributed by atoms with Crippen molar-refractivity contribution in [1.82, 2.24) is 9.88 Å². The SMILES string of the molecule is CCc1ccc2nc(Cl)c(CN(CCc3ccc(OC)cc3)C(=O)c3ccccc3Cl)cc2c1. The Hall–Kier alpha value is -3.08. The predicted octanol–water partition coefficient (Wildman–Crippen LogP) is 7.00. The second-order valence-corrected chi connectivity index (χ2v) is 8.89. The van der Waals surface area contributed by atoms with Gasteiger partial charge in [0.1, 0.15) is 10.9 Å². The van der Waals surface area contributed by atoms with Crippen molar-refractivity contribution >= 4 is 40.0 Å². The van der Waals surface area contributed by atoms with Crippen molar-refractivity contribution in [2.75, 3.05) is 13.7 Å². The average molecular weight is 493 g/mol. The normalized spacial score (nSPS) is 10.9. The highest BCUT2D eigenvalue weighted by Crippen LogP contribution is 2.25. The Morgan fingerprint density at radius 1 is 0.971 bits per heavy atom. The van der Waals surface area contributed by atoms with Gasteiger partial charge in [-0.1, -0.05) is 60.5 Å². The molecular weight excluding hydrogens is 467 g/mol. The van der Waals surface area contributed by atoms with E-state index in [9.17, 15) is 4.79 Å². The minimum atomic E-state index is -0.141. The van der Waals surface area contributed by atoms with Gasteiger partial charge in [0.2, 0.25) is 0 Å². The van der Waals surface area contributed by atoms with Crippen molar-refractivity contribution in [3.63, 3.8) is 0 Å². The largest absolute Gasteiger partial charge is 0.497 e. The molecule has 4 nitrogen and oxygen atoms in total. The van der Waals surface area contributed by atoms with Crippen LogP contribution in [0.2, 0.25) is 10.2 Å². The number of hydrogen-bond acceptors (Lipinski definition) is 3. The molecule has 34 heavy (non-hydrogen) atoms. The minimum absolute atomic E-state index is 0.141. The summed E-state index contributed by atoms with van der Waals surface area (Å²) in [5.74, 6) is 0.658. The second kappa shape index (κ2) is 10.9. The van der Waals surface area contributed by atoms with Crippen LogP contribution in [0, 0.1) is 0 Å². The summed E-state index contributed by atoms with van der Waals surface area (Å²) in [6, 6.07) is 23.2. The molecule has 4 rings (SSSR count). The van der Waals surface area contributed by atoms with Crippen LogP contribution in [-0.4, -0.2) is 29.4 Å². The van der Waals surface area contributed by atoms with Crippen LogP contribution < -0.4 is 4.74 Å². The molecule has 4 aromatic rings. The summed E-state index contributed by atoms with van der Waals surface area (Å²) in [6.07, 6.45) is 1.62. The first-order chi connectivity index (χ1) is 16.5. The maximum atomic E-state index is 13.5. The Balaban J connectivity index is 1.64. The molecule has 0 bridgehead atoms. The summed E-state index contributed by atoms with van der Waals surface area (Å²) in [5, 5.41) is 1.84. The molecule has 0 atom stereocenters. The first kappa shape index (κ1) is 24.1. The number of carbonyl (C=O) groups excluding carboxylic acids is 1. The predicted molar refractivity (Wildman–Crippen MR) is 139 cm³/mol. The number of halogens is 2. The highest BCUT2D eigenvalue weighted by atomic mass is 35.5. The number of benzene rings is 3. The Kier molecular flexibility index (Phi) is 7.71. The number of hydrogen-bond donors (Lipinski definition) is 0. The van der Waals surface area contributed by atoms with Crippen LogP contribution in [0.5, 0.6) is 5.75 Å². The minimum Gasteiger partial charge on any atom is -0.497 e. The highest BCUT2D eigenvalue weighted by Gasteiger charge is 2.20. The summed E-state index contributed by atoms with van der Waals surface area (Å²) in [5.41, 5.74) is 4.45. The first-order valence-electron chi connectivity index (χ1n) is 11.2. The van der Waals surface area contributed by atoms with Gasteiger partial charge < -0.3 is 9.64 Å². The van der Waals surface area contributed by atoms with Gasteiger partial charge in [-0.25, -0.2) is 4.98 Å². The number of aryl methyl sites for hydroxylation is 1. The van der Waals surface area contributed by atoms with E-state index in [1.54, 1.807) is 24.1 Å². The smallest absolute Gasteiger partial charge is 0.255 e. The van der Waals surface area contributed by atoms with Crippen molar-refractivity contribution in [3.8, 4) is 5.75 Å². The third-order valence-corrected chi connectivity index (χ3v) is 6.55. The van der Waals surface area contributed by atoms with E-state index in [2.05, 4.69) is 24.0 Å². The number of methoxy groups -OCH3 is 1. The lowest BCUT2D eigenvalue weighted by atomic mass is 10.1. The molecule has 0 fully saturated rings. The van der Waals surface area contributed by atoms with E-state index < -0.39 is 0 Å². The quantitative estimate of drug-likeness (QED) is 0.248. The number of rotatable bonds is 8. The van der Waals surface area contributed by atoms with Gasteiger partial charge in [-0.3, -0.25) is 4.79 Å². The maximum absolute atomic E-state index is 13.5. The number of pyridine rings is 1. The summed E-state index contributed by atoms with van der Waals surface area (Å²) >= 11 is 12.9. The van der Waals surface area contributed by atoms with Crippen LogP contribution in [0.25, 0.3) is 10.9 Å². The van der Waals surface area contributed by atoms with Crippen molar-refractivity contribution < 1.29 is 9.53 Å². The number of amides is 1. The average Bonchev–Trinajstić information content (AvgIpc) is 2.86. The zero-order chi connectivity index (χ0) is 24.1. The monoisotopic (exact) mass is 492 g/mol. The number of aromatic nitrogens is 1. The molecule has 0 unspecified atom stereocenters. The number of carbonyl (C=O) groups is 1. The van der Waals surface area contributed by atoms with E-state index in [-0.39, 0.29) is 5.91 Å². The molecule has 1 amide bonds. The molecule has 0 radical (unpaired) electrons. The van der Waals surface area contributed by atoms with Gasteiger partial charge in [0.25, 0.3) is 5.91 Å². The molecule has 6 heteroatoms. The molecule has 1 heterocycles. The van der Waals surface area contributed by atoms with Gasteiger partial charge in [-0.15, -0.1) is 0 Å². The van der Waals surface area contributed by atoms with Gasteiger partial charge in [0.05, 0.1) is 23.2 Å². The molecule has 0 saturated carbocycles.